The first-order chi connectivity index (χ1) is 11.6. The summed E-state index contributed by atoms with van der Waals surface area (Å²) in [5, 5.41) is 16.9. The van der Waals surface area contributed by atoms with Crippen LogP contribution in [0.3, 0.4) is 0 Å². The molecular weight excluding hydrogens is 309 g/mol. The Balaban J connectivity index is 1.71. The maximum Gasteiger partial charge on any atom is 0.145 e. The molecule has 1 aliphatic rings. The highest BCUT2D eigenvalue weighted by molar-refractivity contribution is 5.57. The molecule has 0 aliphatic heterocycles. The number of anilines is 1. The van der Waals surface area contributed by atoms with Gasteiger partial charge in [0, 0.05) is 23.9 Å². The van der Waals surface area contributed by atoms with Gasteiger partial charge in [-0.05, 0) is 44.7 Å². The van der Waals surface area contributed by atoms with E-state index in [1.165, 1.54) is 25.0 Å². The molecule has 6 heteroatoms. The molecule has 5 nitrogen and oxygen atoms in total. The Labute approximate surface area is 141 Å². The van der Waals surface area contributed by atoms with Crippen LogP contribution in [0.4, 0.5) is 10.1 Å². The van der Waals surface area contributed by atoms with E-state index in [1.54, 1.807) is 6.07 Å². The predicted molar refractivity (Wildman–Crippen MR) is 90.7 cm³/mol. The van der Waals surface area contributed by atoms with Crippen LogP contribution in [0.1, 0.15) is 29.8 Å². The molecule has 1 aromatic carbocycles. The molecule has 0 atom stereocenters. The van der Waals surface area contributed by atoms with Gasteiger partial charge in [-0.15, -0.1) is 0 Å². The van der Waals surface area contributed by atoms with Gasteiger partial charge in [-0.2, -0.15) is 5.10 Å². The van der Waals surface area contributed by atoms with Crippen LogP contribution in [-0.2, 0) is 13.1 Å². The SMILES string of the molecule is Cc1nn(CCO)c(C)c1CNc1ccc(F)cc1OCC1CC1. The molecule has 2 N–H and O–H groups in total. The summed E-state index contributed by atoms with van der Waals surface area (Å²) < 4.78 is 21.1. The Morgan fingerprint density at radius 1 is 1.38 bits per heavy atom. The van der Waals surface area contributed by atoms with Crippen LogP contribution in [0, 0.1) is 25.6 Å². The fourth-order valence-electron chi connectivity index (χ4n) is 2.74. The second kappa shape index (κ2) is 7.21. The van der Waals surface area contributed by atoms with Gasteiger partial charge in [0.2, 0.25) is 0 Å². The molecule has 1 heterocycles. The number of aliphatic hydroxyl groups excluding tert-OH is 1. The zero-order valence-corrected chi connectivity index (χ0v) is 14.2. The monoisotopic (exact) mass is 333 g/mol. The van der Waals surface area contributed by atoms with Crippen molar-refractivity contribution >= 4 is 5.69 Å². The maximum atomic E-state index is 13.5. The summed E-state index contributed by atoms with van der Waals surface area (Å²) >= 11 is 0. The highest BCUT2D eigenvalue weighted by Gasteiger charge is 2.22. The first kappa shape index (κ1) is 16.8. The van der Waals surface area contributed by atoms with Gasteiger partial charge in [0.1, 0.15) is 11.6 Å². The van der Waals surface area contributed by atoms with E-state index >= 15 is 0 Å². The van der Waals surface area contributed by atoms with E-state index < -0.39 is 0 Å². The number of aromatic nitrogens is 2. The number of benzene rings is 1. The zero-order chi connectivity index (χ0) is 17.1. The number of ether oxygens (including phenoxy) is 1. The molecule has 1 aromatic heterocycles. The Hall–Kier alpha value is -2.08. The lowest BCUT2D eigenvalue weighted by molar-refractivity contribution is 0.268. The van der Waals surface area contributed by atoms with E-state index in [2.05, 4.69) is 10.4 Å². The molecule has 0 bridgehead atoms. The molecule has 2 aromatic rings. The molecular formula is C18H24FN3O2. The molecule has 3 rings (SSSR count). The Morgan fingerprint density at radius 3 is 2.88 bits per heavy atom. The molecule has 1 fully saturated rings. The molecule has 0 amide bonds. The number of rotatable bonds is 8. The minimum Gasteiger partial charge on any atom is -0.491 e. The fraction of sp³-hybridized carbons (Fsp3) is 0.500. The third-order valence-electron chi connectivity index (χ3n) is 4.41. The Bertz CT molecular complexity index is 711. The van der Waals surface area contributed by atoms with E-state index in [0.29, 0.717) is 31.4 Å². The van der Waals surface area contributed by atoms with Gasteiger partial charge in [0.15, 0.2) is 0 Å². The number of halogens is 1. The molecule has 1 aliphatic carbocycles. The van der Waals surface area contributed by atoms with Crippen LogP contribution >= 0.6 is 0 Å². The van der Waals surface area contributed by atoms with Crippen molar-refractivity contribution in [3.05, 3.63) is 41.0 Å². The summed E-state index contributed by atoms with van der Waals surface area (Å²) in [5.74, 6) is 0.872. The van der Waals surface area contributed by atoms with Gasteiger partial charge >= 0.3 is 0 Å². The molecule has 1 saturated carbocycles. The van der Waals surface area contributed by atoms with Crippen molar-refractivity contribution in [3.8, 4) is 5.75 Å². The highest BCUT2D eigenvalue weighted by Crippen LogP contribution is 2.32. The number of aliphatic hydroxyl groups is 1. The van der Waals surface area contributed by atoms with E-state index in [1.807, 2.05) is 18.5 Å². The molecule has 24 heavy (non-hydrogen) atoms. The first-order valence-electron chi connectivity index (χ1n) is 8.38. The summed E-state index contributed by atoms with van der Waals surface area (Å²) in [6.07, 6.45) is 2.39. The number of aryl methyl sites for hydroxylation is 1. The van der Waals surface area contributed by atoms with Crippen LogP contribution < -0.4 is 10.1 Å². The Morgan fingerprint density at radius 2 is 2.17 bits per heavy atom. The van der Waals surface area contributed by atoms with E-state index in [0.717, 1.165) is 22.6 Å². The lowest BCUT2D eigenvalue weighted by Crippen LogP contribution is -2.08. The van der Waals surface area contributed by atoms with Crippen molar-refractivity contribution < 1.29 is 14.2 Å². The van der Waals surface area contributed by atoms with Gasteiger partial charge in [-0.1, -0.05) is 0 Å². The summed E-state index contributed by atoms with van der Waals surface area (Å²) in [5.41, 5.74) is 3.82. The second-order valence-electron chi connectivity index (χ2n) is 6.34. The maximum absolute atomic E-state index is 13.5. The van der Waals surface area contributed by atoms with Crippen LogP contribution in [-0.4, -0.2) is 28.1 Å². The van der Waals surface area contributed by atoms with Crippen molar-refractivity contribution in [2.24, 2.45) is 5.92 Å². The van der Waals surface area contributed by atoms with Crippen molar-refractivity contribution in [1.82, 2.24) is 9.78 Å². The summed E-state index contributed by atoms with van der Waals surface area (Å²) in [7, 11) is 0. The van der Waals surface area contributed by atoms with Gasteiger partial charge in [-0.25, -0.2) is 4.39 Å². The highest BCUT2D eigenvalue weighted by atomic mass is 19.1. The molecule has 130 valence electrons. The Kier molecular flexibility index (Phi) is 5.04. The number of nitrogens with zero attached hydrogens (tertiary/aromatic N) is 2. The lowest BCUT2D eigenvalue weighted by atomic mass is 10.2. The van der Waals surface area contributed by atoms with Crippen LogP contribution in [0.5, 0.6) is 5.75 Å². The quantitative estimate of drug-likeness (QED) is 0.779. The minimum atomic E-state index is -0.297. The number of hydrogen-bond acceptors (Lipinski definition) is 4. The second-order valence-corrected chi connectivity index (χ2v) is 6.34. The lowest BCUT2D eigenvalue weighted by Gasteiger charge is -2.14. The topological polar surface area (TPSA) is 59.3 Å². The molecule has 0 unspecified atom stereocenters. The van der Waals surface area contributed by atoms with Crippen LogP contribution in [0.2, 0.25) is 0 Å². The first-order valence-corrected chi connectivity index (χ1v) is 8.38. The van der Waals surface area contributed by atoms with E-state index in [4.69, 9.17) is 9.84 Å². The van der Waals surface area contributed by atoms with Gasteiger partial charge in [0.25, 0.3) is 0 Å². The third kappa shape index (κ3) is 3.87. The predicted octanol–water partition coefficient (Wildman–Crippen LogP) is 3.03. The summed E-state index contributed by atoms with van der Waals surface area (Å²) in [6.45, 7) is 5.71. The third-order valence-corrected chi connectivity index (χ3v) is 4.41. The molecule has 0 saturated heterocycles. The average molecular weight is 333 g/mol. The average Bonchev–Trinajstić information content (AvgIpc) is 3.34. The van der Waals surface area contributed by atoms with Gasteiger partial charge in [0.05, 0.1) is 31.1 Å². The zero-order valence-electron chi connectivity index (χ0n) is 14.2. The minimum absolute atomic E-state index is 0.0615. The van der Waals surface area contributed by atoms with Crippen LogP contribution in [0.15, 0.2) is 18.2 Å². The van der Waals surface area contributed by atoms with Crippen molar-refractivity contribution in [1.29, 1.82) is 0 Å². The number of hydrogen-bond donors (Lipinski definition) is 2. The van der Waals surface area contributed by atoms with Crippen molar-refractivity contribution in [3.63, 3.8) is 0 Å². The molecule has 0 radical (unpaired) electrons. The normalized spacial score (nSPS) is 14.0. The largest absolute Gasteiger partial charge is 0.491 e. The summed E-state index contributed by atoms with van der Waals surface area (Å²) in [4.78, 5) is 0. The fourth-order valence-corrected chi connectivity index (χ4v) is 2.74. The number of nitrogens with one attached hydrogen (secondary N) is 1. The van der Waals surface area contributed by atoms with Gasteiger partial charge in [-0.3, -0.25) is 4.68 Å². The van der Waals surface area contributed by atoms with Crippen molar-refractivity contribution in [2.75, 3.05) is 18.5 Å². The summed E-state index contributed by atoms with van der Waals surface area (Å²) in [6, 6.07) is 4.57. The van der Waals surface area contributed by atoms with Gasteiger partial charge < -0.3 is 15.2 Å². The van der Waals surface area contributed by atoms with Crippen molar-refractivity contribution in [2.45, 2.75) is 39.8 Å². The standard InChI is InChI=1S/C18H24FN3O2/c1-12-16(13(2)22(21-12)7-8-23)10-20-17-6-5-15(19)9-18(17)24-11-14-3-4-14/h5-6,9,14,20,23H,3-4,7-8,10-11H2,1-2H3. The smallest absolute Gasteiger partial charge is 0.145 e. The van der Waals surface area contributed by atoms with E-state index in [9.17, 15) is 4.39 Å². The van der Waals surface area contributed by atoms with E-state index in [-0.39, 0.29) is 12.4 Å². The van der Waals surface area contributed by atoms with Crippen LogP contribution in [0.25, 0.3) is 0 Å². The molecule has 0 spiro atoms.